The van der Waals surface area contributed by atoms with Crippen LogP contribution in [-0.2, 0) is 11.2 Å². The first-order chi connectivity index (χ1) is 6.22. The maximum Gasteiger partial charge on any atom is 0.241 e. The second kappa shape index (κ2) is 4.45. The van der Waals surface area contributed by atoms with Crippen LogP contribution >= 0.6 is 0 Å². The van der Waals surface area contributed by atoms with Crippen molar-refractivity contribution in [2.75, 3.05) is 0 Å². The molecule has 0 heterocycles. The zero-order chi connectivity index (χ0) is 9.68. The fourth-order valence-corrected chi connectivity index (χ4v) is 1.10. The highest BCUT2D eigenvalue weighted by molar-refractivity contribution is 5.90. The third kappa shape index (κ3) is 3.11. The molecule has 1 aromatic rings. The SMILES string of the molecule is CCc1cccc(C=CC(N)=O)c1. The minimum absolute atomic E-state index is 0.415. The number of hydrogen-bond acceptors (Lipinski definition) is 1. The molecular formula is C11H13NO. The van der Waals surface area contributed by atoms with Crippen molar-refractivity contribution >= 4 is 12.0 Å². The molecule has 2 N–H and O–H groups in total. The Morgan fingerprint density at radius 1 is 1.54 bits per heavy atom. The van der Waals surface area contributed by atoms with Crippen molar-refractivity contribution in [1.29, 1.82) is 0 Å². The summed E-state index contributed by atoms with van der Waals surface area (Å²) in [7, 11) is 0. The zero-order valence-electron chi connectivity index (χ0n) is 7.66. The lowest BCUT2D eigenvalue weighted by Crippen LogP contribution is -2.05. The maximum absolute atomic E-state index is 10.5. The van der Waals surface area contributed by atoms with Crippen molar-refractivity contribution in [3.8, 4) is 0 Å². The summed E-state index contributed by atoms with van der Waals surface area (Å²) in [6, 6.07) is 8.01. The number of aryl methyl sites for hydroxylation is 1. The van der Waals surface area contributed by atoms with Gasteiger partial charge in [-0.1, -0.05) is 31.2 Å². The number of benzene rings is 1. The molecule has 68 valence electrons. The smallest absolute Gasteiger partial charge is 0.241 e. The molecule has 0 saturated carbocycles. The van der Waals surface area contributed by atoms with Gasteiger partial charge in [-0.05, 0) is 23.6 Å². The fourth-order valence-electron chi connectivity index (χ4n) is 1.10. The molecule has 0 aliphatic rings. The number of primary amides is 1. The minimum Gasteiger partial charge on any atom is -0.366 e. The average Bonchev–Trinajstić information content (AvgIpc) is 2.15. The molecule has 1 amide bonds. The van der Waals surface area contributed by atoms with Gasteiger partial charge in [-0.15, -0.1) is 0 Å². The van der Waals surface area contributed by atoms with Crippen molar-refractivity contribution in [1.82, 2.24) is 0 Å². The molecule has 2 heteroatoms. The zero-order valence-corrected chi connectivity index (χ0v) is 7.66. The normalized spacial score (nSPS) is 10.5. The summed E-state index contributed by atoms with van der Waals surface area (Å²) in [6.45, 7) is 2.09. The van der Waals surface area contributed by atoms with E-state index in [1.54, 1.807) is 6.08 Å². The van der Waals surface area contributed by atoms with Gasteiger partial charge in [0.1, 0.15) is 0 Å². The van der Waals surface area contributed by atoms with Crippen molar-refractivity contribution in [2.45, 2.75) is 13.3 Å². The Morgan fingerprint density at radius 3 is 2.92 bits per heavy atom. The van der Waals surface area contributed by atoms with Crippen LogP contribution in [-0.4, -0.2) is 5.91 Å². The van der Waals surface area contributed by atoms with Crippen LogP contribution in [0.1, 0.15) is 18.1 Å². The lowest BCUT2D eigenvalue weighted by molar-refractivity contribution is -0.113. The summed E-state index contributed by atoms with van der Waals surface area (Å²) in [5.41, 5.74) is 7.25. The molecular weight excluding hydrogens is 162 g/mol. The third-order valence-corrected chi connectivity index (χ3v) is 1.80. The minimum atomic E-state index is -0.415. The largest absolute Gasteiger partial charge is 0.366 e. The number of hydrogen-bond donors (Lipinski definition) is 1. The monoisotopic (exact) mass is 175 g/mol. The van der Waals surface area contributed by atoms with Gasteiger partial charge in [-0.25, -0.2) is 0 Å². The second-order valence-electron chi connectivity index (χ2n) is 2.83. The number of carbonyl (C=O) groups is 1. The quantitative estimate of drug-likeness (QED) is 0.699. The summed E-state index contributed by atoms with van der Waals surface area (Å²) < 4.78 is 0. The lowest BCUT2D eigenvalue weighted by atomic mass is 10.1. The lowest BCUT2D eigenvalue weighted by Gasteiger charge is -1.97. The van der Waals surface area contributed by atoms with Crippen molar-refractivity contribution in [2.24, 2.45) is 5.73 Å². The van der Waals surface area contributed by atoms with Gasteiger partial charge in [-0.3, -0.25) is 4.79 Å². The van der Waals surface area contributed by atoms with Gasteiger partial charge in [0.15, 0.2) is 0 Å². The highest BCUT2D eigenvalue weighted by Gasteiger charge is 1.90. The maximum atomic E-state index is 10.5. The van der Waals surface area contributed by atoms with Crippen LogP contribution in [0.25, 0.3) is 6.08 Å². The van der Waals surface area contributed by atoms with Gasteiger partial charge in [0.05, 0.1) is 0 Å². The Labute approximate surface area is 78.1 Å². The molecule has 0 spiro atoms. The molecule has 1 aromatic carbocycles. The van der Waals surface area contributed by atoms with Gasteiger partial charge in [0.25, 0.3) is 0 Å². The highest BCUT2D eigenvalue weighted by atomic mass is 16.1. The number of nitrogens with two attached hydrogens (primary N) is 1. The summed E-state index contributed by atoms with van der Waals surface area (Å²) in [5, 5.41) is 0. The van der Waals surface area contributed by atoms with Crippen LogP contribution in [0.5, 0.6) is 0 Å². The van der Waals surface area contributed by atoms with Crippen LogP contribution in [0.15, 0.2) is 30.3 Å². The van der Waals surface area contributed by atoms with Gasteiger partial charge >= 0.3 is 0 Å². The van der Waals surface area contributed by atoms with Crippen molar-refractivity contribution < 1.29 is 4.79 Å². The molecule has 0 unspecified atom stereocenters. The van der Waals surface area contributed by atoms with Gasteiger partial charge in [-0.2, -0.15) is 0 Å². The van der Waals surface area contributed by atoms with Crippen LogP contribution in [0.3, 0.4) is 0 Å². The van der Waals surface area contributed by atoms with E-state index in [4.69, 9.17) is 5.73 Å². The summed E-state index contributed by atoms with van der Waals surface area (Å²) in [6.07, 6.45) is 4.09. The van der Waals surface area contributed by atoms with Crippen molar-refractivity contribution in [3.05, 3.63) is 41.5 Å². The third-order valence-electron chi connectivity index (χ3n) is 1.80. The Balaban J connectivity index is 2.83. The van der Waals surface area contributed by atoms with E-state index in [0.717, 1.165) is 12.0 Å². The van der Waals surface area contributed by atoms with E-state index < -0.39 is 5.91 Å². The molecule has 0 fully saturated rings. The molecule has 0 atom stereocenters. The number of amides is 1. The van der Waals surface area contributed by atoms with E-state index in [0.29, 0.717) is 0 Å². The summed E-state index contributed by atoms with van der Waals surface area (Å²) in [4.78, 5) is 10.5. The Kier molecular flexibility index (Phi) is 3.26. The molecule has 0 saturated heterocycles. The number of rotatable bonds is 3. The highest BCUT2D eigenvalue weighted by Crippen LogP contribution is 2.07. The Morgan fingerprint density at radius 2 is 2.31 bits per heavy atom. The van der Waals surface area contributed by atoms with Crippen LogP contribution < -0.4 is 5.73 Å². The van der Waals surface area contributed by atoms with E-state index in [-0.39, 0.29) is 0 Å². The molecule has 13 heavy (non-hydrogen) atoms. The van der Waals surface area contributed by atoms with Crippen LogP contribution in [0.4, 0.5) is 0 Å². The van der Waals surface area contributed by atoms with E-state index >= 15 is 0 Å². The van der Waals surface area contributed by atoms with Crippen LogP contribution in [0.2, 0.25) is 0 Å². The van der Waals surface area contributed by atoms with E-state index in [1.165, 1.54) is 11.6 Å². The molecule has 0 bridgehead atoms. The molecule has 1 rings (SSSR count). The second-order valence-corrected chi connectivity index (χ2v) is 2.83. The molecule has 0 aliphatic heterocycles. The van der Waals surface area contributed by atoms with Crippen LogP contribution in [0, 0.1) is 0 Å². The molecule has 0 aliphatic carbocycles. The first-order valence-electron chi connectivity index (χ1n) is 4.29. The predicted molar refractivity (Wildman–Crippen MR) is 54.0 cm³/mol. The Hall–Kier alpha value is -1.57. The van der Waals surface area contributed by atoms with Gasteiger partial charge in [0, 0.05) is 6.08 Å². The van der Waals surface area contributed by atoms with Crippen molar-refractivity contribution in [3.63, 3.8) is 0 Å². The molecule has 0 radical (unpaired) electrons. The Bertz CT molecular complexity index is 329. The number of carbonyl (C=O) groups excluding carboxylic acids is 1. The van der Waals surface area contributed by atoms with E-state index in [2.05, 4.69) is 13.0 Å². The predicted octanol–water partition coefficient (Wildman–Crippen LogP) is 1.75. The fraction of sp³-hybridized carbons (Fsp3) is 0.182. The van der Waals surface area contributed by atoms with Gasteiger partial charge < -0.3 is 5.73 Å². The summed E-state index contributed by atoms with van der Waals surface area (Å²) >= 11 is 0. The van der Waals surface area contributed by atoms with E-state index in [1.807, 2.05) is 18.2 Å². The molecule has 0 aromatic heterocycles. The summed E-state index contributed by atoms with van der Waals surface area (Å²) in [5.74, 6) is -0.415. The van der Waals surface area contributed by atoms with Gasteiger partial charge in [0.2, 0.25) is 5.91 Å². The topological polar surface area (TPSA) is 43.1 Å². The average molecular weight is 175 g/mol. The first-order valence-corrected chi connectivity index (χ1v) is 4.29. The standard InChI is InChI=1S/C11H13NO/c1-2-9-4-3-5-10(8-9)6-7-11(12)13/h3-8H,2H2,1H3,(H2,12,13). The van der Waals surface area contributed by atoms with E-state index in [9.17, 15) is 4.79 Å². The first kappa shape index (κ1) is 9.52. The molecule has 2 nitrogen and oxygen atoms in total.